The van der Waals surface area contributed by atoms with E-state index in [1.807, 2.05) is 31.2 Å². The summed E-state index contributed by atoms with van der Waals surface area (Å²) in [5.41, 5.74) is 2.50. The van der Waals surface area contributed by atoms with Crippen molar-refractivity contribution in [2.45, 2.75) is 31.6 Å². The van der Waals surface area contributed by atoms with Gasteiger partial charge >= 0.3 is 0 Å². The summed E-state index contributed by atoms with van der Waals surface area (Å²) >= 11 is 0. The van der Waals surface area contributed by atoms with Gasteiger partial charge in [0.2, 0.25) is 0 Å². The van der Waals surface area contributed by atoms with Gasteiger partial charge in [0, 0.05) is 6.26 Å². The molecule has 22 heavy (non-hydrogen) atoms. The van der Waals surface area contributed by atoms with E-state index in [4.69, 9.17) is 4.74 Å². The molecule has 0 saturated heterocycles. The first-order valence-corrected chi connectivity index (χ1v) is 9.21. The van der Waals surface area contributed by atoms with Crippen molar-refractivity contribution in [1.82, 2.24) is 0 Å². The van der Waals surface area contributed by atoms with E-state index in [1.165, 1.54) is 11.8 Å². The third-order valence-corrected chi connectivity index (χ3v) is 4.46. The van der Waals surface area contributed by atoms with E-state index < -0.39 is 9.84 Å². The average Bonchev–Trinajstić information content (AvgIpc) is 2.55. The van der Waals surface area contributed by atoms with Crippen LogP contribution in [0.5, 0.6) is 5.75 Å². The van der Waals surface area contributed by atoms with Gasteiger partial charge in [-0.15, -0.1) is 0 Å². The van der Waals surface area contributed by atoms with Gasteiger partial charge in [-0.1, -0.05) is 38.1 Å². The minimum atomic E-state index is -3.03. The molecule has 0 N–H and O–H groups in total. The Bertz CT molecular complexity index is 633. The number of hydrogen-bond acceptors (Lipinski definition) is 3. The van der Waals surface area contributed by atoms with Crippen LogP contribution in [0, 0.1) is 0 Å². The second kappa shape index (κ2) is 8.59. The van der Waals surface area contributed by atoms with Crippen LogP contribution in [0.3, 0.4) is 0 Å². The maximum absolute atomic E-state index is 11.0. The third kappa shape index (κ3) is 5.90. The zero-order valence-electron chi connectivity index (χ0n) is 13.7. The van der Waals surface area contributed by atoms with E-state index >= 15 is 0 Å². The average molecular weight is 320 g/mol. The summed E-state index contributed by atoms with van der Waals surface area (Å²) < 4.78 is 27.1. The fourth-order valence-corrected chi connectivity index (χ4v) is 2.46. The number of sulfone groups is 1. The summed E-state index contributed by atoms with van der Waals surface area (Å²) in [5, 5.41) is 0. The molecule has 4 heteroatoms. The number of rotatable bonds is 4. The van der Waals surface area contributed by atoms with Gasteiger partial charge in [0.05, 0.1) is 12.0 Å². The third-order valence-electron chi connectivity index (χ3n) is 3.33. The molecule has 0 atom stereocenters. The molecule has 0 saturated carbocycles. The molecule has 0 amide bonds. The number of aryl methyl sites for hydroxylation is 2. The van der Waals surface area contributed by atoms with Crippen molar-refractivity contribution in [3.63, 3.8) is 0 Å². The summed E-state index contributed by atoms with van der Waals surface area (Å²) in [6, 6.07) is 15.1. The molecule has 120 valence electrons. The molecule has 2 aromatic carbocycles. The quantitative estimate of drug-likeness (QED) is 0.858. The molecule has 0 aliphatic heterocycles. The van der Waals surface area contributed by atoms with Gasteiger partial charge in [0.15, 0.2) is 9.84 Å². The highest BCUT2D eigenvalue weighted by Crippen LogP contribution is 2.11. The Kier molecular flexibility index (Phi) is 7.12. The fraction of sp³-hybridized carbons (Fsp3) is 0.333. The van der Waals surface area contributed by atoms with Crippen molar-refractivity contribution in [2.75, 3.05) is 13.4 Å². The van der Waals surface area contributed by atoms with Crippen LogP contribution in [-0.2, 0) is 22.7 Å². The summed E-state index contributed by atoms with van der Waals surface area (Å²) in [6.07, 6.45) is 3.24. The van der Waals surface area contributed by atoms with E-state index in [0.717, 1.165) is 24.2 Å². The largest absolute Gasteiger partial charge is 0.497 e. The Balaban J connectivity index is 0.000000224. The van der Waals surface area contributed by atoms with Crippen LogP contribution in [0.25, 0.3) is 0 Å². The minimum absolute atomic E-state index is 0.389. The standard InChI is InChI=1S/C9H12O2S.C9H12O/c1-3-8-4-6-9(7-5-8)12(2,10)11;1-3-8-4-6-9(10-2)7-5-8/h4-7H,3H2,1-2H3;4-7H,3H2,1-2H3. The summed E-state index contributed by atoms with van der Waals surface area (Å²) in [6.45, 7) is 4.18. The summed E-state index contributed by atoms with van der Waals surface area (Å²) in [7, 11) is -1.35. The van der Waals surface area contributed by atoms with Gasteiger partial charge in [-0.2, -0.15) is 0 Å². The monoisotopic (exact) mass is 320 g/mol. The Morgan fingerprint density at radius 2 is 1.23 bits per heavy atom. The molecule has 0 aromatic heterocycles. The zero-order valence-corrected chi connectivity index (χ0v) is 14.5. The lowest BCUT2D eigenvalue weighted by Gasteiger charge is -1.99. The summed E-state index contributed by atoms with van der Waals surface area (Å²) in [5.74, 6) is 0.928. The van der Waals surface area contributed by atoms with Gasteiger partial charge < -0.3 is 4.74 Å². The molecule has 3 nitrogen and oxygen atoms in total. The van der Waals surface area contributed by atoms with E-state index in [0.29, 0.717) is 4.90 Å². The van der Waals surface area contributed by atoms with Crippen molar-refractivity contribution < 1.29 is 13.2 Å². The number of methoxy groups -OCH3 is 1. The highest BCUT2D eigenvalue weighted by molar-refractivity contribution is 7.90. The topological polar surface area (TPSA) is 43.4 Å². The molecule has 0 unspecified atom stereocenters. The number of hydrogen-bond donors (Lipinski definition) is 0. The molecule has 0 spiro atoms. The maximum Gasteiger partial charge on any atom is 0.175 e. The molecule has 2 rings (SSSR count). The second-order valence-electron chi connectivity index (χ2n) is 4.97. The highest BCUT2D eigenvalue weighted by atomic mass is 32.2. The molecule has 0 fully saturated rings. The first-order valence-electron chi connectivity index (χ1n) is 7.32. The van der Waals surface area contributed by atoms with Crippen molar-refractivity contribution in [3.8, 4) is 5.75 Å². The number of benzene rings is 2. The van der Waals surface area contributed by atoms with Gasteiger partial charge in [0.1, 0.15) is 5.75 Å². The van der Waals surface area contributed by atoms with Crippen molar-refractivity contribution in [2.24, 2.45) is 0 Å². The fourth-order valence-electron chi connectivity index (χ4n) is 1.83. The molecule has 0 aliphatic rings. The SMILES string of the molecule is CCc1ccc(OC)cc1.CCc1ccc(S(C)(=O)=O)cc1. The lowest BCUT2D eigenvalue weighted by atomic mass is 10.2. The Morgan fingerprint density at radius 1 is 0.818 bits per heavy atom. The van der Waals surface area contributed by atoms with Crippen molar-refractivity contribution in [1.29, 1.82) is 0 Å². The molecule has 0 radical (unpaired) electrons. The highest BCUT2D eigenvalue weighted by Gasteiger charge is 2.04. The first-order chi connectivity index (χ1) is 10.4. The smallest absolute Gasteiger partial charge is 0.175 e. The van der Waals surface area contributed by atoms with E-state index in [-0.39, 0.29) is 0 Å². The lowest BCUT2D eigenvalue weighted by Crippen LogP contribution is -1.96. The van der Waals surface area contributed by atoms with Gasteiger partial charge in [-0.3, -0.25) is 0 Å². The minimum Gasteiger partial charge on any atom is -0.497 e. The summed E-state index contributed by atoms with van der Waals surface area (Å²) in [4.78, 5) is 0.389. The molecule has 2 aromatic rings. The Hall–Kier alpha value is -1.81. The van der Waals surface area contributed by atoms with Crippen LogP contribution in [0.1, 0.15) is 25.0 Å². The van der Waals surface area contributed by atoms with Crippen LogP contribution < -0.4 is 4.74 Å². The van der Waals surface area contributed by atoms with E-state index in [1.54, 1.807) is 19.2 Å². The predicted octanol–water partition coefficient (Wildman–Crippen LogP) is 3.91. The number of ether oxygens (including phenoxy) is 1. The molecule has 0 aliphatic carbocycles. The van der Waals surface area contributed by atoms with E-state index in [9.17, 15) is 8.42 Å². The first kappa shape index (κ1) is 18.2. The molecule has 0 heterocycles. The predicted molar refractivity (Wildman–Crippen MR) is 91.3 cm³/mol. The van der Waals surface area contributed by atoms with Crippen molar-refractivity contribution >= 4 is 9.84 Å². The Morgan fingerprint density at radius 3 is 1.55 bits per heavy atom. The van der Waals surface area contributed by atoms with Crippen LogP contribution in [0.4, 0.5) is 0 Å². The molecular formula is C18H24O3S. The maximum atomic E-state index is 11.0. The second-order valence-corrected chi connectivity index (χ2v) is 6.99. The molecule has 0 bridgehead atoms. The Labute approximate surface area is 133 Å². The van der Waals surface area contributed by atoms with Crippen LogP contribution in [0.15, 0.2) is 53.4 Å². The van der Waals surface area contributed by atoms with Crippen molar-refractivity contribution in [3.05, 3.63) is 59.7 Å². The normalized spacial score (nSPS) is 10.5. The molecular weight excluding hydrogens is 296 g/mol. The zero-order chi connectivity index (χ0) is 16.6. The van der Waals surface area contributed by atoms with Crippen LogP contribution >= 0.6 is 0 Å². The van der Waals surface area contributed by atoms with Crippen LogP contribution in [0.2, 0.25) is 0 Å². The van der Waals surface area contributed by atoms with Crippen LogP contribution in [-0.4, -0.2) is 21.8 Å². The van der Waals surface area contributed by atoms with E-state index in [2.05, 4.69) is 19.1 Å². The van der Waals surface area contributed by atoms with Gasteiger partial charge in [-0.25, -0.2) is 8.42 Å². The van der Waals surface area contributed by atoms with Gasteiger partial charge in [0.25, 0.3) is 0 Å². The lowest BCUT2D eigenvalue weighted by molar-refractivity contribution is 0.414. The van der Waals surface area contributed by atoms with Gasteiger partial charge in [-0.05, 0) is 48.2 Å².